The molecule has 1 aliphatic rings. The van der Waals surface area contributed by atoms with Crippen LogP contribution in [0.4, 0.5) is 0 Å². The number of nitrogens with two attached hydrogens (primary N) is 1. The van der Waals surface area contributed by atoms with Gasteiger partial charge in [0.15, 0.2) is 0 Å². The van der Waals surface area contributed by atoms with Gasteiger partial charge >= 0.3 is 11.9 Å². The Balaban J connectivity index is 2.30. The second kappa shape index (κ2) is 3.89. The number of hydrogen-bond donors (Lipinski definition) is 2. The molecule has 1 heterocycles. The fourth-order valence-corrected chi connectivity index (χ4v) is 2.12. The van der Waals surface area contributed by atoms with E-state index in [0.29, 0.717) is 12.8 Å². The lowest BCUT2D eigenvalue weighted by Crippen LogP contribution is -2.53. The van der Waals surface area contributed by atoms with Gasteiger partial charge in [0.2, 0.25) is 5.76 Å². The molecule has 2 rings (SSSR count). The average molecular weight is 239 g/mol. The first-order valence-corrected chi connectivity index (χ1v) is 5.17. The van der Waals surface area contributed by atoms with Gasteiger partial charge in [0, 0.05) is 6.04 Å². The van der Waals surface area contributed by atoms with Crippen LogP contribution in [0.5, 0.6) is 0 Å². The molecular weight excluding hydrogens is 226 g/mol. The normalized spacial score (nSPS) is 27.3. The molecule has 0 aliphatic heterocycles. The maximum Gasteiger partial charge on any atom is 0.373 e. The summed E-state index contributed by atoms with van der Waals surface area (Å²) in [5.74, 6) is -1.35. The lowest BCUT2D eigenvalue weighted by molar-refractivity contribution is -0.149. The van der Waals surface area contributed by atoms with Crippen LogP contribution in [0.1, 0.15) is 29.2 Å². The van der Waals surface area contributed by atoms with Crippen molar-refractivity contribution in [2.75, 3.05) is 7.11 Å². The van der Waals surface area contributed by atoms with Crippen molar-refractivity contribution in [1.29, 1.82) is 0 Å². The number of hydrogen-bond acceptors (Lipinski definition) is 5. The Morgan fingerprint density at radius 1 is 1.53 bits per heavy atom. The lowest BCUT2D eigenvalue weighted by Gasteiger charge is -2.40. The van der Waals surface area contributed by atoms with Gasteiger partial charge in [0.25, 0.3) is 0 Å². The van der Waals surface area contributed by atoms with Crippen LogP contribution in [0.2, 0.25) is 0 Å². The second-order valence-electron chi connectivity index (χ2n) is 4.21. The van der Waals surface area contributed by atoms with Crippen molar-refractivity contribution >= 4 is 11.9 Å². The second-order valence-corrected chi connectivity index (χ2v) is 4.21. The molecule has 1 aromatic rings. The fraction of sp³-hybridized carbons (Fsp3) is 0.455. The van der Waals surface area contributed by atoms with E-state index in [1.54, 1.807) is 0 Å². The van der Waals surface area contributed by atoms with E-state index in [2.05, 4.69) is 4.74 Å². The Morgan fingerprint density at radius 3 is 2.65 bits per heavy atom. The highest BCUT2D eigenvalue weighted by Crippen LogP contribution is 2.43. The van der Waals surface area contributed by atoms with Crippen molar-refractivity contribution in [3.05, 3.63) is 23.7 Å². The number of ether oxygens (including phenoxy) is 1. The minimum Gasteiger partial charge on any atom is -0.480 e. The number of methoxy groups -OCH3 is 1. The molecule has 0 saturated heterocycles. The van der Waals surface area contributed by atoms with Crippen LogP contribution < -0.4 is 5.73 Å². The summed E-state index contributed by atoms with van der Waals surface area (Å²) in [5, 5.41) is 9.23. The number of furan rings is 1. The molecule has 0 spiro atoms. The van der Waals surface area contributed by atoms with Crippen LogP contribution in [0.3, 0.4) is 0 Å². The van der Waals surface area contributed by atoms with E-state index < -0.39 is 17.4 Å². The van der Waals surface area contributed by atoms with Gasteiger partial charge in [-0.3, -0.25) is 4.79 Å². The maximum absolute atomic E-state index is 11.3. The third-order valence-electron chi connectivity index (χ3n) is 3.09. The molecular formula is C11H13NO5. The summed E-state index contributed by atoms with van der Waals surface area (Å²) < 4.78 is 9.73. The number of rotatable bonds is 3. The quantitative estimate of drug-likeness (QED) is 0.745. The molecule has 0 unspecified atom stereocenters. The molecule has 6 heteroatoms. The standard InChI is InChI=1S/C11H13NO5/c1-16-9(13)7-2-3-8(17-7)11(10(14)15)4-6(12)5-11/h2-3,6H,4-5,12H2,1H3,(H,14,15). The first-order chi connectivity index (χ1) is 7.99. The van der Waals surface area contributed by atoms with Gasteiger partial charge in [0.05, 0.1) is 7.11 Å². The van der Waals surface area contributed by atoms with E-state index in [9.17, 15) is 14.7 Å². The summed E-state index contributed by atoms with van der Waals surface area (Å²) in [6.45, 7) is 0. The maximum atomic E-state index is 11.3. The third-order valence-corrected chi connectivity index (χ3v) is 3.09. The minimum absolute atomic E-state index is 0.00333. The zero-order valence-electron chi connectivity index (χ0n) is 9.30. The zero-order chi connectivity index (χ0) is 12.6. The first kappa shape index (κ1) is 11.7. The van der Waals surface area contributed by atoms with E-state index in [4.69, 9.17) is 10.2 Å². The molecule has 3 N–H and O–H groups in total. The average Bonchev–Trinajstić information content (AvgIpc) is 2.72. The van der Waals surface area contributed by atoms with Crippen LogP contribution >= 0.6 is 0 Å². The van der Waals surface area contributed by atoms with Crippen molar-refractivity contribution in [3.8, 4) is 0 Å². The van der Waals surface area contributed by atoms with Gasteiger partial charge in [0.1, 0.15) is 11.2 Å². The smallest absolute Gasteiger partial charge is 0.373 e. The number of carbonyl (C=O) groups excluding carboxylic acids is 1. The highest BCUT2D eigenvalue weighted by molar-refractivity contribution is 5.87. The molecule has 92 valence electrons. The molecule has 0 atom stereocenters. The first-order valence-electron chi connectivity index (χ1n) is 5.17. The van der Waals surface area contributed by atoms with Crippen molar-refractivity contribution in [2.45, 2.75) is 24.3 Å². The Labute approximate surface area is 97.3 Å². The van der Waals surface area contributed by atoms with Crippen LogP contribution in [0, 0.1) is 0 Å². The minimum atomic E-state index is -1.09. The van der Waals surface area contributed by atoms with E-state index >= 15 is 0 Å². The highest BCUT2D eigenvalue weighted by Gasteiger charge is 2.53. The van der Waals surface area contributed by atoms with E-state index in [1.165, 1.54) is 19.2 Å². The summed E-state index contributed by atoms with van der Waals surface area (Å²) in [7, 11) is 1.23. The topological polar surface area (TPSA) is 103 Å². The molecule has 1 aromatic heterocycles. The van der Waals surface area contributed by atoms with Crippen LogP contribution in [0.25, 0.3) is 0 Å². The Kier molecular flexibility index (Phi) is 2.66. The number of carbonyl (C=O) groups is 2. The Bertz CT molecular complexity index is 458. The van der Waals surface area contributed by atoms with Gasteiger partial charge in [-0.25, -0.2) is 4.79 Å². The predicted octanol–water partition coefficient (Wildman–Crippen LogP) is 0.510. The highest BCUT2D eigenvalue weighted by atomic mass is 16.5. The molecule has 0 aromatic carbocycles. The molecule has 0 bridgehead atoms. The fourth-order valence-electron chi connectivity index (χ4n) is 2.12. The molecule has 1 saturated carbocycles. The van der Waals surface area contributed by atoms with Gasteiger partial charge in [-0.15, -0.1) is 0 Å². The summed E-state index contributed by atoms with van der Waals surface area (Å²) >= 11 is 0. The summed E-state index contributed by atoms with van der Waals surface area (Å²) in [5.41, 5.74) is 4.53. The number of aliphatic carboxylic acids is 1. The van der Waals surface area contributed by atoms with Crippen LogP contribution in [-0.4, -0.2) is 30.2 Å². The Hall–Kier alpha value is -1.82. The molecule has 17 heavy (non-hydrogen) atoms. The van der Waals surface area contributed by atoms with Gasteiger partial charge in [-0.05, 0) is 25.0 Å². The number of carboxylic acids is 1. The SMILES string of the molecule is COC(=O)c1ccc(C2(C(=O)O)CC(N)C2)o1. The van der Waals surface area contributed by atoms with Crippen molar-refractivity contribution in [3.63, 3.8) is 0 Å². The Morgan fingerprint density at radius 2 is 2.18 bits per heavy atom. The van der Waals surface area contributed by atoms with Crippen molar-refractivity contribution < 1.29 is 23.8 Å². The summed E-state index contributed by atoms with van der Waals surface area (Å²) in [6, 6.07) is 2.76. The molecule has 1 fully saturated rings. The summed E-state index contributed by atoms with van der Waals surface area (Å²) in [4.78, 5) is 22.5. The summed E-state index contributed by atoms with van der Waals surface area (Å²) in [6.07, 6.45) is 0.632. The van der Waals surface area contributed by atoms with E-state index in [1.807, 2.05) is 0 Å². The largest absolute Gasteiger partial charge is 0.480 e. The number of carboxylic acid groups (broad SMARTS) is 1. The lowest BCUT2D eigenvalue weighted by atomic mass is 9.64. The van der Waals surface area contributed by atoms with Crippen molar-refractivity contribution in [1.82, 2.24) is 0 Å². The van der Waals surface area contributed by atoms with Gasteiger partial charge in [-0.2, -0.15) is 0 Å². The zero-order valence-corrected chi connectivity index (χ0v) is 9.30. The van der Waals surface area contributed by atoms with Crippen LogP contribution in [0.15, 0.2) is 16.5 Å². The van der Waals surface area contributed by atoms with Gasteiger partial charge in [-0.1, -0.05) is 0 Å². The monoisotopic (exact) mass is 239 g/mol. The molecule has 1 aliphatic carbocycles. The van der Waals surface area contributed by atoms with E-state index in [-0.39, 0.29) is 17.6 Å². The third kappa shape index (κ3) is 1.70. The van der Waals surface area contributed by atoms with Crippen LogP contribution in [-0.2, 0) is 14.9 Å². The van der Waals surface area contributed by atoms with Gasteiger partial charge < -0.3 is 20.0 Å². The predicted molar refractivity (Wildman–Crippen MR) is 56.6 cm³/mol. The van der Waals surface area contributed by atoms with E-state index in [0.717, 1.165) is 0 Å². The molecule has 0 amide bonds. The molecule has 0 radical (unpaired) electrons. The molecule has 6 nitrogen and oxygen atoms in total. The van der Waals surface area contributed by atoms with Crippen molar-refractivity contribution in [2.24, 2.45) is 5.73 Å². The number of esters is 1.